The van der Waals surface area contributed by atoms with Crippen LogP contribution in [0.1, 0.15) is 6.42 Å². The molecule has 1 atom stereocenters. The van der Waals surface area contributed by atoms with Crippen molar-refractivity contribution in [1.82, 2.24) is 24.7 Å². The Kier molecular flexibility index (Phi) is 8.19. The predicted octanol–water partition coefficient (Wildman–Crippen LogP) is 2.84. The molecule has 1 unspecified atom stereocenters. The number of pyridine rings is 1. The first-order valence-corrected chi connectivity index (χ1v) is 14.5. The van der Waals surface area contributed by atoms with Crippen LogP contribution in [0.5, 0.6) is 17.2 Å². The Morgan fingerprint density at radius 3 is 2.71 bits per heavy atom. The van der Waals surface area contributed by atoms with Crippen molar-refractivity contribution < 1.29 is 22.8 Å². The predicted molar refractivity (Wildman–Crippen MR) is 154 cm³/mol. The summed E-state index contributed by atoms with van der Waals surface area (Å²) in [6.45, 7) is 1.82. The summed E-state index contributed by atoms with van der Waals surface area (Å²) in [6, 6.07) is 16.8. The summed E-state index contributed by atoms with van der Waals surface area (Å²) in [5.41, 5.74) is 0.373. The van der Waals surface area contributed by atoms with E-state index < -0.39 is 10.0 Å². The molecule has 12 nitrogen and oxygen atoms in total. The van der Waals surface area contributed by atoms with Crippen LogP contribution in [0.3, 0.4) is 0 Å². The number of rotatable bonds is 10. The highest BCUT2D eigenvalue weighted by atomic mass is 32.2. The van der Waals surface area contributed by atoms with Gasteiger partial charge in [0.05, 0.1) is 5.39 Å². The third-order valence-electron chi connectivity index (χ3n) is 6.37. The van der Waals surface area contributed by atoms with Gasteiger partial charge in [-0.15, -0.1) is 5.10 Å². The molecule has 2 aromatic heterocycles. The number of likely N-dealkylation sites (tertiary alicyclic amines) is 1. The second kappa shape index (κ2) is 12.0. The van der Waals surface area contributed by atoms with Crippen LogP contribution in [0.4, 0.5) is 5.82 Å². The third-order valence-corrected chi connectivity index (χ3v) is 7.30. The van der Waals surface area contributed by atoms with Crippen LogP contribution in [-0.2, 0) is 14.8 Å². The lowest BCUT2D eigenvalue weighted by Gasteiger charge is -2.15. The largest absolute Gasteiger partial charge is 0.457 e. The topological polar surface area (TPSA) is 145 Å². The Morgan fingerprint density at radius 1 is 1.15 bits per heavy atom. The van der Waals surface area contributed by atoms with Crippen LogP contribution < -0.4 is 20.0 Å². The summed E-state index contributed by atoms with van der Waals surface area (Å²) in [6.07, 6.45) is 5.77. The van der Waals surface area contributed by atoms with Gasteiger partial charge in [0.1, 0.15) is 16.4 Å². The maximum atomic E-state index is 12.6. The highest BCUT2D eigenvalue weighted by molar-refractivity contribution is 7.89. The zero-order chi connectivity index (χ0) is 29.0. The fourth-order valence-corrected chi connectivity index (χ4v) is 5.07. The monoisotopic (exact) mass is 577 g/mol. The van der Waals surface area contributed by atoms with Gasteiger partial charge in [-0.2, -0.15) is 0 Å². The number of benzene rings is 2. The fourth-order valence-electron chi connectivity index (χ4n) is 4.41. The van der Waals surface area contributed by atoms with Gasteiger partial charge >= 0.3 is 0 Å². The van der Waals surface area contributed by atoms with Crippen molar-refractivity contribution in [2.75, 3.05) is 39.0 Å². The molecule has 0 saturated carbocycles. The number of fused-ring (bicyclic) bond motifs is 1. The molecule has 0 spiro atoms. The summed E-state index contributed by atoms with van der Waals surface area (Å²) in [7, 11) is -0.303. The van der Waals surface area contributed by atoms with Crippen LogP contribution in [0, 0.1) is 0 Å². The summed E-state index contributed by atoms with van der Waals surface area (Å²) < 4.78 is 30.7. The molecule has 0 bridgehead atoms. The maximum absolute atomic E-state index is 12.6. The maximum Gasteiger partial charge on any atom is 0.246 e. The number of amides is 1. The smallest absolute Gasteiger partial charge is 0.246 e. The van der Waals surface area contributed by atoms with Crippen LogP contribution in [0.15, 0.2) is 83.9 Å². The van der Waals surface area contributed by atoms with Gasteiger partial charge in [0.25, 0.3) is 0 Å². The number of ether oxygens (including phenoxy) is 1. The van der Waals surface area contributed by atoms with Crippen molar-refractivity contribution in [3.63, 3.8) is 0 Å². The number of aromatic nitrogens is 3. The van der Waals surface area contributed by atoms with Crippen molar-refractivity contribution in [3.05, 3.63) is 79.0 Å². The minimum absolute atomic E-state index is 0.0354. The second-order valence-electron chi connectivity index (χ2n) is 9.83. The molecule has 2 aromatic carbocycles. The first-order valence-electron chi connectivity index (χ1n) is 13.0. The molecule has 1 amide bonds. The lowest BCUT2D eigenvalue weighted by Crippen LogP contribution is -2.30. The standard InChI is InChI=1S/C28H31N7O5S/c1-33(2)16-7-11-26(36)34-17-14-20(19-34)31-27-23-10-6-15-30-28(23)35(32-27)40-24-13-12-22(18-25(24)41(29,37)38)39-21-8-4-3-5-9-21/h3-13,15,18,20H,14,16-17,19H2,1-2H3,(H,31,32)(H2,29,37,38)/b11-7+. The number of sulfonamides is 1. The Labute approximate surface area is 238 Å². The van der Waals surface area contributed by atoms with E-state index in [1.54, 1.807) is 53.6 Å². The summed E-state index contributed by atoms with van der Waals surface area (Å²) in [5.74, 6) is 1.23. The van der Waals surface area contributed by atoms with Crippen molar-refractivity contribution >= 4 is 32.8 Å². The van der Waals surface area contributed by atoms with E-state index in [0.717, 1.165) is 11.3 Å². The molecule has 3 heterocycles. The number of nitrogens with zero attached hydrogens (tertiary/aromatic N) is 5. The highest BCUT2D eigenvalue weighted by Crippen LogP contribution is 2.32. The van der Waals surface area contributed by atoms with E-state index >= 15 is 0 Å². The molecular weight excluding hydrogens is 546 g/mol. The SMILES string of the molecule is CN(C)C/C=C/C(=O)N1CCC(Nc2nn(Oc3ccc(Oc4ccccc4)cc3S(N)(=O)=O)c3ncccc23)C1. The van der Waals surface area contributed by atoms with Gasteiger partial charge in [-0.25, -0.2) is 18.5 Å². The molecule has 0 aliphatic carbocycles. The molecule has 1 aliphatic heterocycles. The van der Waals surface area contributed by atoms with Crippen molar-refractivity contribution in [3.8, 4) is 17.2 Å². The van der Waals surface area contributed by atoms with E-state index in [0.29, 0.717) is 42.2 Å². The number of nitrogens with two attached hydrogens (primary N) is 1. The second-order valence-corrected chi connectivity index (χ2v) is 11.4. The molecule has 3 N–H and O–H groups in total. The Morgan fingerprint density at radius 2 is 1.95 bits per heavy atom. The average molecular weight is 578 g/mol. The molecule has 0 radical (unpaired) electrons. The van der Waals surface area contributed by atoms with Gasteiger partial charge in [-0.3, -0.25) is 4.79 Å². The van der Waals surface area contributed by atoms with Crippen LogP contribution in [-0.4, -0.2) is 78.8 Å². The Hall–Kier alpha value is -4.46. The minimum atomic E-state index is -4.19. The number of para-hydroxylation sites is 1. The molecule has 1 fully saturated rings. The van der Waals surface area contributed by atoms with Crippen LogP contribution in [0.25, 0.3) is 11.0 Å². The molecule has 1 saturated heterocycles. The van der Waals surface area contributed by atoms with Crippen molar-refractivity contribution in [2.24, 2.45) is 5.14 Å². The number of primary sulfonamides is 1. The summed E-state index contributed by atoms with van der Waals surface area (Å²) >= 11 is 0. The van der Waals surface area contributed by atoms with E-state index in [9.17, 15) is 13.2 Å². The van der Waals surface area contributed by atoms with Gasteiger partial charge < -0.3 is 24.7 Å². The van der Waals surface area contributed by atoms with Crippen molar-refractivity contribution in [2.45, 2.75) is 17.4 Å². The summed E-state index contributed by atoms with van der Waals surface area (Å²) in [4.78, 5) is 27.5. The molecule has 4 aromatic rings. The number of anilines is 1. The van der Waals surface area contributed by atoms with Gasteiger partial charge in [-0.05, 0) is 56.9 Å². The third kappa shape index (κ3) is 6.82. The van der Waals surface area contributed by atoms with Gasteiger partial charge in [0.2, 0.25) is 21.6 Å². The highest BCUT2D eigenvalue weighted by Gasteiger charge is 2.27. The van der Waals surface area contributed by atoms with E-state index in [2.05, 4.69) is 15.4 Å². The number of carbonyl (C=O) groups excluding carboxylic acids is 1. The van der Waals surface area contributed by atoms with Crippen LogP contribution >= 0.6 is 0 Å². The average Bonchev–Trinajstić information content (AvgIpc) is 3.55. The molecular formula is C28H31N7O5S. The molecule has 41 heavy (non-hydrogen) atoms. The van der Waals surface area contributed by atoms with E-state index in [-0.39, 0.29) is 28.3 Å². The van der Waals surface area contributed by atoms with Gasteiger partial charge in [0, 0.05) is 44.0 Å². The molecule has 5 rings (SSSR count). The minimum Gasteiger partial charge on any atom is -0.457 e. The Balaban J connectivity index is 1.36. The van der Waals surface area contributed by atoms with E-state index in [4.69, 9.17) is 14.7 Å². The van der Waals surface area contributed by atoms with Crippen molar-refractivity contribution in [1.29, 1.82) is 0 Å². The number of hydrogen-bond donors (Lipinski definition) is 2. The van der Waals surface area contributed by atoms with Gasteiger partial charge in [-0.1, -0.05) is 29.1 Å². The lowest BCUT2D eigenvalue weighted by atomic mass is 10.2. The van der Waals surface area contributed by atoms with Gasteiger partial charge in [0.15, 0.2) is 11.6 Å². The molecule has 13 heteroatoms. The summed E-state index contributed by atoms with van der Waals surface area (Å²) in [5, 5.41) is 14.1. The quantitative estimate of drug-likeness (QED) is 0.272. The zero-order valence-corrected chi connectivity index (χ0v) is 23.5. The first kappa shape index (κ1) is 28.1. The fraction of sp³-hybridized carbons (Fsp3) is 0.250. The van der Waals surface area contributed by atoms with Crippen LogP contribution in [0.2, 0.25) is 0 Å². The van der Waals surface area contributed by atoms with E-state index in [1.807, 2.05) is 37.2 Å². The normalized spacial score (nSPS) is 15.6. The molecule has 214 valence electrons. The first-order chi connectivity index (χ1) is 19.7. The number of carbonyl (C=O) groups is 1. The number of nitrogens with one attached hydrogen (secondary N) is 1. The Bertz CT molecular complexity index is 1670. The molecule has 1 aliphatic rings. The zero-order valence-electron chi connectivity index (χ0n) is 22.7. The number of hydrogen-bond acceptors (Lipinski definition) is 9. The number of likely N-dealkylation sites (N-methyl/N-ethyl adjacent to an activating group) is 1. The van der Waals surface area contributed by atoms with E-state index in [1.165, 1.54) is 12.1 Å². The lowest BCUT2D eigenvalue weighted by molar-refractivity contribution is -0.125.